The smallest absolute Gasteiger partial charge is 0.164 e. The van der Waals surface area contributed by atoms with Crippen molar-refractivity contribution in [3.8, 4) is 0 Å². The van der Waals surface area contributed by atoms with Crippen molar-refractivity contribution in [2.45, 2.75) is 13.2 Å². The third-order valence-electron chi connectivity index (χ3n) is 4.88. The summed E-state index contributed by atoms with van der Waals surface area (Å²) >= 11 is 0. The van der Waals surface area contributed by atoms with Crippen molar-refractivity contribution in [1.82, 2.24) is 15.1 Å². The maximum atomic E-state index is 10.4. The molecule has 1 fully saturated rings. The predicted molar refractivity (Wildman–Crippen MR) is 105 cm³/mol. The third kappa shape index (κ3) is 4.15. The SMILES string of the molecule is CN=C(/C=C\CNC(O)c1oc2ccccc2c1C)N1CCN(C)CC1. The highest BCUT2D eigenvalue weighted by molar-refractivity contribution is 5.93. The van der Waals surface area contributed by atoms with Gasteiger partial charge in [0.1, 0.15) is 11.4 Å². The Kier molecular flexibility index (Phi) is 6.08. The first kappa shape index (κ1) is 18.6. The van der Waals surface area contributed by atoms with E-state index in [9.17, 15) is 5.11 Å². The van der Waals surface area contributed by atoms with Crippen molar-refractivity contribution in [3.63, 3.8) is 0 Å². The topological polar surface area (TPSA) is 64.2 Å². The first-order chi connectivity index (χ1) is 12.6. The molecule has 1 aromatic carbocycles. The van der Waals surface area contributed by atoms with E-state index in [1.807, 2.05) is 50.4 Å². The second-order valence-corrected chi connectivity index (χ2v) is 6.67. The number of benzene rings is 1. The molecule has 6 nitrogen and oxygen atoms in total. The number of hydrogen-bond acceptors (Lipinski definition) is 5. The van der Waals surface area contributed by atoms with Gasteiger partial charge in [-0.3, -0.25) is 10.3 Å². The fourth-order valence-corrected chi connectivity index (χ4v) is 3.25. The summed E-state index contributed by atoms with van der Waals surface area (Å²) in [7, 11) is 3.96. The van der Waals surface area contributed by atoms with E-state index in [1.165, 1.54) is 0 Å². The molecule has 6 heteroatoms. The molecule has 1 aliphatic rings. The Morgan fingerprint density at radius 1 is 1.31 bits per heavy atom. The van der Waals surface area contributed by atoms with E-state index in [-0.39, 0.29) is 0 Å². The number of nitrogens with zero attached hydrogens (tertiary/aromatic N) is 3. The van der Waals surface area contributed by atoms with Crippen molar-refractivity contribution in [2.75, 3.05) is 46.8 Å². The van der Waals surface area contributed by atoms with Crippen molar-refractivity contribution in [1.29, 1.82) is 0 Å². The highest BCUT2D eigenvalue weighted by Crippen LogP contribution is 2.28. The Bertz CT molecular complexity index is 788. The zero-order chi connectivity index (χ0) is 18.5. The van der Waals surface area contributed by atoms with Gasteiger partial charge >= 0.3 is 0 Å². The van der Waals surface area contributed by atoms with Gasteiger partial charge in [-0.1, -0.05) is 24.3 Å². The van der Waals surface area contributed by atoms with Gasteiger partial charge in [-0.05, 0) is 26.1 Å². The number of aliphatic hydroxyl groups is 1. The molecule has 0 spiro atoms. The Labute approximate surface area is 154 Å². The minimum atomic E-state index is -0.835. The van der Waals surface area contributed by atoms with Crippen LogP contribution in [0.3, 0.4) is 0 Å². The maximum absolute atomic E-state index is 10.4. The fourth-order valence-electron chi connectivity index (χ4n) is 3.25. The highest BCUT2D eigenvalue weighted by Gasteiger charge is 2.17. The molecule has 0 saturated carbocycles. The van der Waals surface area contributed by atoms with Crippen LogP contribution >= 0.6 is 0 Å². The lowest BCUT2D eigenvalue weighted by Crippen LogP contribution is -2.46. The average molecular weight is 356 g/mol. The van der Waals surface area contributed by atoms with Crippen LogP contribution in [0.5, 0.6) is 0 Å². The van der Waals surface area contributed by atoms with Gasteiger partial charge in [0.25, 0.3) is 0 Å². The molecule has 2 N–H and O–H groups in total. The van der Waals surface area contributed by atoms with Crippen molar-refractivity contribution < 1.29 is 9.52 Å². The molecule has 1 saturated heterocycles. The van der Waals surface area contributed by atoms with Crippen LogP contribution in [0.1, 0.15) is 17.6 Å². The molecule has 1 unspecified atom stereocenters. The van der Waals surface area contributed by atoms with Crippen LogP contribution in [0.15, 0.2) is 45.8 Å². The van der Waals surface area contributed by atoms with Crippen LogP contribution in [0, 0.1) is 6.92 Å². The summed E-state index contributed by atoms with van der Waals surface area (Å²) in [6.45, 7) is 6.58. The Balaban J connectivity index is 1.56. The van der Waals surface area contributed by atoms with E-state index >= 15 is 0 Å². The van der Waals surface area contributed by atoms with Gasteiger partial charge in [0.05, 0.1) is 0 Å². The number of aryl methyl sites for hydroxylation is 1. The number of amidine groups is 1. The molecule has 1 atom stereocenters. The van der Waals surface area contributed by atoms with Gasteiger partial charge in [0.15, 0.2) is 12.0 Å². The minimum absolute atomic E-state index is 0.532. The van der Waals surface area contributed by atoms with E-state index < -0.39 is 6.23 Å². The lowest BCUT2D eigenvalue weighted by atomic mass is 10.1. The Morgan fingerprint density at radius 3 is 2.73 bits per heavy atom. The molecule has 0 radical (unpaired) electrons. The van der Waals surface area contributed by atoms with Crippen molar-refractivity contribution in [2.24, 2.45) is 4.99 Å². The number of para-hydroxylation sites is 1. The first-order valence-electron chi connectivity index (χ1n) is 9.06. The van der Waals surface area contributed by atoms with Gasteiger partial charge in [0.2, 0.25) is 0 Å². The number of fused-ring (bicyclic) bond motifs is 1. The monoisotopic (exact) mass is 356 g/mol. The predicted octanol–water partition coefficient (Wildman–Crippen LogP) is 2.15. The van der Waals surface area contributed by atoms with Gasteiger partial charge < -0.3 is 19.3 Å². The molecule has 140 valence electrons. The summed E-state index contributed by atoms with van der Waals surface area (Å²) in [5.74, 6) is 1.55. The summed E-state index contributed by atoms with van der Waals surface area (Å²) in [5.41, 5.74) is 1.77. The number of aliphatic hydroxyl groups excluding tert-OH is 1. The first-order valence-corrected chi connectivity index (χ1v) is 9.06. The second kappa shape index (κ2) is 8.49. The largest absolute Gasteiger partial charge is 0.457 e. The minimum Gasteiger partial charge on any atom is -0.457 e. The lowest BCUT2D eigenvalue weighted by molar-refractivity contribution is 0.119. The van der Waals surface area contributed by atoms with E-state index in [0.717, 1.165) is 48.5 Å². The normalized spacial score (nSPS) is 18.2. The molecule has 1 aromatic heterocycles. The van der Waals surface area contributed by atoms with Gasteiger partial charge in [0, 0.05) is 50.7 Å². The lowest BCUT2D eigenvalue weighted by Gasteiger charge is -2.33. The van der Waals surface area contributed by atoms with Crippen LogP contribution in [-0.4, -0.2) is 67.6 Å². The van der Waals surface area contributed by atoms with Crippen LogP contribution in [-0.2, 0) is 0 Å². The zero-order valence-corrected chi connectivity index (χ0v) is 15.8. The van der Waals surface area contributed by atoms with E-state index in [0.29, 0.717) is 12.3 Å². The zero-order valence-electron chi connectivity index (χ0n) is 15.8. The van der Waals surface area contributed by atoms with Gasteiger partial charge in [-0.25, -0.2) is 0 Å². The summed E-state index contributed by atoms with van der Waals surface area (Å²) in [5, 5.41) is 14.5. The summed E-state index contributed by atoms with van der Waals surface area (Å²) in [6.07, 6.45) is 3.16. The number of hydrogen-bond donors (Lipinski definition) is 2. The quantitative estimate of drug-likeness (QED) is 0.488. The number of rotatable bonds is 5. The van der Waals surface area contributed by atoms with Crippen LogP contribution in [0.25, 0.3) is 11.0 Å². The Hall–Kier alpha value is -2.15. The van der Waals surface area contributed by atoms with Crippen molar-refractivity contribution in [3.05, 3.63) is 47.7 Å². The average Bonchev–Trinajstić information content (AvgIpc) is 3.00. The molecular weight excluding hydrogens is 328 g/mol. The molecule has 0 amide bonds. The maximum Gasteiger partial charge on any atom is 0.164 e. The molecule has 2 heterocycles. The molecule has 2 aromatic rings. The molecule has 1 aliphatic heterocycles. The molecule has 26 heavy (non-hydrogen) atoms. The summed E-state index contributed by atoms with van der Waals surface area (Å²) in [6, 6.07) is 7.82. The highest BCUT2D eigenvalue weighted by atomic mass is 16.4. The summed E-state index contributed by atoms with van der Waals surface area (Å²) < 4.78 is 5.79. The Morgan fingerprint density at radius 2 is 2.04 bits per heavy atom. The molecule has 0 bridgehead atoms. The molecule has 3 rings (SSSR count). The van der Waals surface area contributed by atoms with Crippen molar-refractivity contribution >= 4 is 16.8 Å². The standard InChI is InChI=1S/C20H28N4O2/c1-15-16-7-4-5-8-17(16)26-19(15)20(25)22-10-6-9-18(21-2)24-13-11-23(3)12-14-24/h4-9,20,22,25H,10-14H2,1-3H3/b9-6-,21-18?. The number of nitrogens with one attached hydrogen (secondary N) is 1. The second-order valence-electron chi connectivity index (χ2n) is 6.67. The van der Waals surface area contributed by atoms with Gasteiger partial charge in [-0.2, -0.15) is 0 Å². The number of piperazine rings is 1. The number of furan rings is 1. The van der Waals surface area contributed by atoms with Crippen LogP contribution in [0.4, 0.5) is 0 Å². The van der Waals surface area contributed by atoms with Crippen LogP contribution in [0.2, 0.25) is 0 Å². The number of aliphatic imine (C=N–C) groups is 1. The molecule has 0 aliphatic carbocycles. The third-order valence-corrected chi connectivity index (χ3v) is 4.88. The van der Waals surface area contributed by atoms with Crippen LogP contribution < -0.4 is 5.32 Å². The fraction of sp³-hybridized carbons (Fsp3) is 0.450. The molecular formula is C20H28N4O2. The van der Waals surface area contributed by atoms with E-state index in [1.54, 1.807) is 0 Å². The van der Waals surface area contributed by atoms with E-state index in [4.69, 9.17) is 4.42 Å². The van der Waals surface area contributed by atoms with E-state index in [2.05, 4.69) is 27.2 Å². The summed E-state index contributed by atoms with van der Waals surface area (Å²) in [4.78, 5) is 8.99. The van der Waals surface area contributed by atoms with Gasteiger partial charge in [-0.15, -0.1) is 0 Å². The number of likely N-dealkylation sites (N-methyl/N-ethyl adjacent to an activating group) is 1.